The van der Waals surface area contributed by atoms with Crippen LogP contribution in [-0.2, 0) is 28.6 Å². The van der Waals surface area contributed by atoms with Gasteiger partial charge in [0.25, 0.3) is 0 Å². The van der Waals surface area contributed by atoms with Crippen molar-refractivity contribution in [3.63, 3.8) is 0 Å². The van der Waals surface area contributed by atoms with Gasteiger partial charge in [0.05, 0.1) is 0 Å². The first-order valence-corrected chi connectivity index (χ1v) is 36.8. The Kier molecular flexibility index (Phi) is 69.1. The summed E-state index contributed by atoms with van der Waals surface area (Å²) in [6.45, 7) is 6.59. The first-order chi connectivity index (χ1) is 41.0. The lowest BCUT2D eigenvalue weighted by Crippen LogP contribution is -2.30. The lowest BCUT2D eigenvalue weighted by atomic mass is 10.0. The van der Waals surface area contributed by atoms with E-state index >= 15 is 0 Å². The predicted octanol–water partition coefficient (Wildman–Crippen LogP) is 25.5. The van der Waals surface area contributed by atoms with E-state index in [2.05, 4.69) is 81.5 Å². The zero-order valence-corrected chi connectivity index (χ0v) is 55.7. The molecular weight excluding hydrogens is 1020 g/mol. The minimum absolute atomic E-state index is 0.0699. The predicted molar refractivity (Wildman–Crippen MR) is 362 cm³/mol. The third-order valence-electron chi connectivity index (χ3n) is 16.5. The van der Waals surface area contributed by atoms with Crippen molar-refractivity contribution in [1.82, 2.24) is 0 Å². The molecule has 0 amide bonds. The summed E-state index contributed by atoms with van der Waals surface area (Å²) in [5.41, 5.74) is 0. The average Bonchev–Trinajstić information content (AvgIpc) is 3.48. The van der Waals surface area contributed by atoms with Gasteiger partial charge in [-0.25, -0.2) is 0 Å². The Hall–Kier alpha value is -2.89. The molecule has 0 aromatic rings. The number of unbranched alkanes of at least 4 members (excludes halogenated alkanes) is 47. The molecule has 83 heavy (non-hydrogen) atoms. The molecular formula is C77H140O6. The van der Waals surface area contributed by atoms with Gasteiger partial charge in [-0.1, -0.05) is 345 Å². The maximum absolute atomic E-state index is 12.9. The van der Waals surface area contributed by atoms with E-state index in [0.717, 1.165) is 83.5 Å². The minimum Gasteiger partial charge on any atom is -0.462 e. The Morgan fingerprint density at radius 1 is 0.241 bits per heavy atom. The van der Waals surface area contributed by atoms with Crippen LogP contribution in [0, 0.1) is 0 Å². The van der Waals surface area contributed by atoms with Crippen molar-refractivity contribution in [2.75, 3.05) is 13.2 Å². The number of ether oxygens (including phenoxy) is 3. The molecule has 6 nitrogen and oxygen atoms in total. The van der Waals surface area contributed by atoms with Crippen LogP contribution in [0.5, 0.6) is 0 Å². The Labute approximate surface area is 517 Å². The molecule has 0 heterocycles. The van der Waals surface area contributed by atoms with Gasteiger partial charge in [0.15, 0.2) is 6.10 Å². The molecule has 0 saturated carbocycles. The quantitative estimate of drug-likeness (QED) is 0.0261. The SMILES string of the molecule is CCCCCCC/C=C\C/C=C\C/C=C\CCCCCCCCCCCCCCCCC(=O)OC(COC(=O)CCCCCCC)COC(=O)CCCCCCCCCCCCCCCCCCCCC/C=C\C/C=C\CCCCCCC. The van der Waals surface area contributed by atoms with Gasteiger partial charge in [0.2, 0.25) is 0 Å². The smallest absolute Gasteiger partial charge is 0.306 e. The van der Waals surface area contributed by atoms with Crippen LogP contribution in [0.25, 0.3) is 0 Å². The second kappa shape index (κ2) is 71.6. The van der Waals surface area contributed by atoms with Gasteiger partial charge in [-0.3, -0.25) is 14.4 Å². The molecule has 484 valence electrons. The molecule has 0 spiro atoms. The van der Waals surface area contributed by atoms with E-state index in [4.69, 9.17) is 14.2 Å². The minimum atomic E-state index is -0.770. The van der Waals surface area contributed by atoms with Crippen LogP contribution in [0.15, 0.2) is 60.8 Å². The molecule has 0 aromatic heterocycles. The van der Waals surface area contributed by atoms with Crippen molar-refractivity contribution < 1.29 is 28.6 Å². The highest BCUT2D eigenvalue weighted by molar-refractivity contribution is 5.71. The van der Waals surface area contributed by atoms with Gasteiger partial charge in [-0.05, 0) is 89.9 Å². The summed E-state index contributed by atoms with van der Waals surface area (Å²) in [6.07, 6.45) is 93.2. The first-order valence-electron chi connectivity index (χ1n) is 36.8. The monoisotopic (exact) mass is 1160 g/mol. The third kappa shape index (κ3) is 69.8. The lowest BCUT2D eigenvalue weighted by Gasteiger charge is -2.18. The molecule has 0 aliphatic rings. The third-order valence-corrected chi connectivity index (χ3v) is 16.5. The van der Waals surface area contributed by atoms with Crippen molar-refractivity contribution in [3.05, 3.63) is 60.8 Å². The average molecular weight is 1160 g/mol. The van der Waals surface area contributed by atoms with E-state index in [9.17, 15) is 14.4 Å². The van der Waals surface area contributed by atoms with Crippen LogP contribution >= 0.6 is 0 Å². The van der Waals surface area contributed by atoms with Gasteiger partial charge in [0.1, 0.15) is 13.2 Å². The molecule has 0 bridgehead atoms. The van der Waals surface area contributed by atoms with Gasteiger partial charge in [0, 0.05) is 19.3 Å². The molecule has 1 unspecified atom stereocenters. The Morgan fingerprint density at radius 2 is 0.434 bits per heavy atom. The molecule has 0 aromatic carbocycles. The Morgan fingerprint density at radius 3 is 0.675 bits per heavy atom. The molecule has 0 aliphatic carbocycles. The summed E-state index contributed by atoms with van der Waals surface area (Å²) < 4.78 is 16.8. The van der Waals surface area contributed by atoms with Crippen LogP contribution in [0.3, 0.4) is 0 Å². The summed E-state index contributed by atoms with van der Waals surface area (Å²) in [5, 5.41) is 0. The Bertz CT molecular complexity index is 1470. The molecule has 0 aliphatic heterocycles. The summed E-state index contributed by atoms with van der Waals surface area (Å²) in [6, 6.07) is 0. The molecule has 0 radical (unpaired) electrons. The van der Waals surface area contributed by atoms with Gasteiger partial charge >= 0.3 is 17.9 Å². The van der Waals surface area contributed by atoms with Crippen molar-refractivity contribution in [2.45, 2.75) is 399 Å². The van der Waals surface area contributed by atoms with E-state index < -0.39 is 6.10 Å². The van der Waals surface area contributed by atoms with E-state index in [1.54, 1.807) is 0 Å². The van der Waals surface area contributed by atoms with E-state index in [1.807, 2.05) is 0 Å². The summed E-state index contributed by atoms with van der Waals surface area (Å²) in [4.78, 5) is 38.1. The molecule has 1 atom stereocenters. The molecule has 6 heteroatoms. The second-order valence-electron chi connectivity index (χ2n) is 24.9. The molecule has 0 saturated heterocycles. The lowest BCUT2D eigenvalue weighted by molar-refractivity contribution is -0.167. The largest absolute Gasteiger partial charge is 0.462 e. The summed E-state index contributed by atoms with van der Waals surface area (Å²) in [5.74, 6) is -0.862. The highest BCUT2D eigenvalue weighted by Crippen LogP contribution is 2.18. The number of carbonyl (C=O) groups excluding carboxylic acids is 3. The van der Waals surface area contributed by atoms with Crippen molar-refractivity contribution in [1.29, 1.82) is 0 Å². The normalized spacial score (nSPS) is 12.4. The fraction of sp³-hybridized carbons (Fsp3) is 0.831. The van der Waals surface area contributed by atoms with Crippen LogP contribution in [0.4, 0.5) is 0 Å². The highest BCUT2D eigenvalue weighted by atomic mass is 16.6. The number of hydrogen-bond acceptors (Lipinski definition) is 6. The zero-order chi connectivity index (χ0) is 59.9. The van der Waals surface area contributed by atoms with Crippen LogP contribution in [0.1, 0.15) is 393 Å². The van der Waals surface area contributed by atoms with E-state index in [1.165, 1.54) is 270 Å². The number of allylic oxidation sites excluding steroid dienone is 10. The number of carbonyl (C=O) groups is 3. The van der Waals surface area contributed by atoms with Crippen molar-refractivity contribution >= 4 is 17.9 Å². The molecule has 0 N–H and O–H groups in total. The van der Waals surface area contributed by atoms with E-state index in [-0.39, 0.29) is 31.1 Å². The standard InChI is InChI=1S/C77H140O6/c1-4-7-10-13-15-17-19-21-23-25-27-29-31-33-35-37-38-40-41-43-45-47-49-51-53-55-57-59-61-64-67-70-76(79)82-73-74(72-81-75(78)69-66-63-12-9-6-3)83-77(80)71-68-65-62-60-58-56-54-52-50-48-46-44-42-39-36-34-32-30-28-26-24-22-20-18-16-14-11-8-5-2/h19-22,25-28,32,34,74H,4-18,23-24,29-31,33,35-73H2,1-3H3/b21-19-,22-20-,27-25-,28-26-,34-32-. The summed E-state index contributed by atoms with van der Waals surface area (Å²) in [7, 11) is 0. The Balaban J connectivity index is 3.93. The first kappa shape index (κ1) is 80.1. The fourth-order valence-corrected chi connectivity index (χ4v) is 11.0. The summed E-state index contributed by atoms with van der Waals surface area (Å²) >= 11 is 0. The van der Waals surface area contributed by atoms with Gasteiger partial charge < -0.3 is 14.2 Å². The van der Waals surface area contributed by atoms with Crippen LogP contribution in [0.2, 0.25) is 0 Å². The zero-order valence-electron chi connectivity index (χ0n) is 55.7. The van der Waals surface area contributed by atoms with Crippen LogP contribution < -0.4 is 0 Å². The van der Waals surface area contributed by atoms with Gasteiger partial charge in [-0.15, -0.1) is 0 Å². The van der Waals surface area contributed by atoms with Gasteiger partial charge in [-0.2, -0.15) is 0 Å². The fourth-order valence-electron chi connectivity index (χ4n) is 11.0. The maximum atomic E-state index is 12.9. The topological polar surface area (TPSA) is 78.9 Å². The van der Waals surface area contributed by atoms with Crippen molar-refractivity contribution in [3.8, 4) is 0 Å². The molecule has 0 fully saturated rings. The maximum Gasteiger partial charge on any atom is 0.306 e. The molecule has 0 rings (SSSR count). The van der Waals surface area contributed by atoms with Crippen LogP contribution in [-0.4, -0.2) is 37.2 Å². The second-order valence-corrected chi connectivity index (χ2v) is 24.9. The number of esters is 3. The number of hydrogen-bond donors (Lipinski definition) is 0. The van der Waals surface area contributed by atoms with Crippen molar-refractivity contribution in [2.24, 2.45) is 0 Å². The number of rotatable bonds is 68. The van der Waals surface area contributed by atoms with E-state index in [0.29, 0.717) is 19.3 Å². The highest BCUT2D eigenvalue weighted by Gasteiger charge is 2.19.